The highest BCUT2D eigenvalue weighted by Gasteiger charge is 2.16. The zero-order valence-corrected chi connectivity index (χ0v) is 7.28. The summed E-state index contributed by atoms with van der Waals surface area (Å²) < 4.78 is 0. The maximum Gasteiger partial charge on any atom is 0.0481 e. The molecular formula is C9H6Cl2. The van der Waals surface area contributed by atoms with E-state index in [0.29, 0.717) is 0 Å². The molecule has 0 amide bonds. The maximum absolute atomic E-state index is 5.90. The van der Waals surface area contributed by atoms with Gasteiger partial charge in [0.25, 0.3) is 0 Å². The third-order valence-electron chi connectivity index (χ3n) is 1.82. The molecule has 0 saturated heterocycles. The molecule has 0 fully saturated rings. The van der Waals surface area contributed by atoms with Crippen LogP contribution in [0.1, 0.15) is 6.42 Å². The molecule has 2 aliphatic rings. The number of hydrogen-bond donors (Lipinski definition) is 0. The Bertz CT molecular complexity index is 316. The van der Waals surface area contributed by atoms with Gasteiger partial charge in [0.15, 0.2) is 0 Å². The number of hydrogen-bond acceptors (Lipinski definition) is 0. The van der Waals surface area contributed by atoms with Crippen molar-refractivity contribution in [2.75, 3.05) is 0 Å². The summed E-state index contributed by atoms with van der Waals surface area (Å²) in [5, 5.41) is 1.69. The van der Waals surface area contributed by atoms with E-state index >= 15 is 0 Å². The SMILES string of the molecule is ClC1=CC=C2C(Cl)=CC=C2C1. The Morgan fingerprint density at radius 1 is 1.00 bits per heavy atom. The molecule has 0 aromatic carbocycles. The second-order valence-electron chi connectivity index (χ2n) is 2.58. The van der Waals surface area contributed by atoms with E-state index in [1.165, 1.54) is 5.57 Å². The molecule has 0 unspecified atom stereocenters. The van der Waals surface area contributed by atoms with Crippen LogP contribution in [0.15, 0.2) is 45.5 Å². The summed E-state index contributed by atoms with van der Waals surface area (Å²) in [6.07, 6.45) is 8.61. The van der Waals surface area contributed by atoms with Crippen LogP contribution in [0, 0.1) is 0 Å². The first-order chi connectivity index (χ1) is 5.27. The van der Waals surface area contributed by atoms with Crippen molar-refractivity contribution in [2.45, 2.75) is 6.42 Å². The first-order valence-electron chi connectivity index (χ1n) is 3.41. The van der Waals surface area contributed by atoms with Gasteiger partial charge < -0.3 is 0 Å². The molecule has 0 radical (unpaired) electrons. The van der Waals surface area contributed by atoms with Gasteiger partial charge in [-0.1, -0.05) is 35.4 Å². The molecule has 0 N–H and O–H groups in total. The third kappa shape index (κ3) is 1.17. The third-order valence-corrected chi connectivity index (χ3v) is 2.41. The van der Waals surface area contributed by atoms with Crippen molar-refractivity contribution in [1.82, 2.24) is 0 Å². The van der Waals surface area contributed by atoms with Crippen LogP contribution in [-0.4, -0.2) is 0 Å². The van der Waals surface area contributed by atoms with Crippen LogP contribution in [0.3, 0.4) is 0 Å². The molecule has 0 atom stereocenters. The Morgan fingerprint density at radius 2 is 1.82 bits per heavy atom. The molecule has 0 saturated carbocycles. The van der Waals surface area contributed by atoms with Gasteiger partial charge in [-0.3, -0.25) is 0 Å². The fourth-order valence-electron chi connectivity index (χ4n) is 1.26. The standard InChI is InChI=1S/C9H6Cl2/c10-7-2-3-8-6(5-7)1-4-9(8)11/h1-4H,5H2. The van der Waals surface area contributed by atoms with Crippen molar-refractivity contribution >= 4 is 23.2 Å². The first-order valence-corrected chi connectivity index (χ1v) is 4.16. The Balaban J connectivity index is 2.43. The summed E-state index contributed by atoms with van der Waals surface area (Å²) in [5.74, 6) is 0. The minimum atomic E-state index is 0.820. The van der Waals surface area contributed by atoms with Gasteiger partial charge in [0.2, 0.25) is 0 Å². The molecule has 0 heterocycles. The molecule has 0 bridgehead atoms. The highest BCUT2D eigenvalue weighted by atomic mass is 35.5. The van der Waals surface area contributed by atoms with Crippen molar-refractivity contribution in [3.63, 3.8) is 0 Å². The minimum absolute atomic E-state index is 0.820. The van der Waals surface area contributed by atoms with Crippen molar-refractivity contribution < 1.29 is 0 Å². The zero-order valence-electron chi connectivity index (χ0n) is 5.77. The maximum atomic E-state index is 5.90. The molecule has 0 aromatic rings. The summed E-state index contributed by atoms with van der Waals surface area (Å²) in [6, 6.07) is 0. The second-order valence-corrected chi connectivity index (χ2v) is 3.47. The molecule has 11 heavy (non-hydrogen) atoms. The lowest BCUT2D eigenvalue weighted by atomic mass is 10.0. The lowest BCUT2D eigenvalue weighted by Crippen LogP contribution is -1.90. The molecule has 2 aliphatic carbocycles. The van der Waals surface area contributed by atoms with Gasteiger partial charge in [-0.15, -0.1) is 0 Å². The van der Waals surface area contributed by atoms with Crippen LogP contribution in [0.5, 0.6) is 0 Å². The van der Waals surface area contributed by atoms with Gasteiger partial charge in [-0.05, 0) is 23.3 Å². The van der Waals surface area contributed by atoms with E-state index in [1.807, 2.05) is 24.3 Å². The summed E-state index contributed by atoms with van der Waals surface area (Å²) in [7, 11) is 0. The predicted molar refractivity (Wildman–Crippen MR) is 48.7 cm³/mol. The fraction of sp³-hybridized carbons (Fsp3) is 0.111. The van der Waals surface area contributed by atoms with Crippen molar-refractivity contribution in [3.05, 3.63) is 45.5 Å². The molecule has 2 heteroatoms. The molecule has 0 aliphatic heterocycles. The van der Waals surface area contributed by atoms with Gasteiger partial charge in [0.05, 0.1) is 0 Å². The van der Waals surface area contributed by atoms with E-state index in [9.17, 15) is 0 Å². The highest BCUT2D eigenvalue weighted by molar-refractivity contribution is 6.34. The van der Waals surface area contributed by atoms with Crippen LogP contribution in [0.2, 0.25) is 0 Å². The number of rotatable bonds is 0. The quantitative estimate of drug-likeness (QED) is 0.541. The predicted octanol–water partition coefficient (Wildman–Crippen LogP) is 3.50. The average Bonchev–Trinajstić information content (AvgIpc) is 2.32. The van der Waals surface area contributed by atoms with Crippen LogP contribution >= 0.6 is 23.2 Å². The van der Waals surface area contributed by atoms with Crippen molar-refractivity contribution in [1.29, 1.82) is 0 Å². The van der Waals surface area contributed by atoms with Gasteiger partial charge in [-0.25, -0.2) is 0 Å². The molecule has 0 spiro atoms. The largest absolute Gasteiger partial charge is 0.0888 e. The monoisotopic (exact) mass is 184 g/mol. The molecular weight excluding hydrogens is 179 g/mol. The van der Waals surface area contributed by atoms with Gasteiger partial charge in [0.1, 0.15) is 0 Å². The molecule has 2 rings (SSSR count). The summed E-state index contributed by atoms with van der Waals surface area (Å²) in [6.45, 7) is 0. The van der Waals surface area contributed by atoms with Gasteiger partial charge >= 0.3 is 0 Å². The van der Waals surface area contributed by atoms with Crippen LogP contribution < -0.4 is 0 Å². The van der Waals surface area contributed by atoms with Gasteiger partial charge in [-0.2, -0.15) is 0 Å². The lowest BCUT2D eigenvalue weighted by Gasteiger charge is -2.09. The van der Waals surface area contributed by atoms with E-state index in [1.54, 1.807) is 0 Å². The zero-order chi connectivity index (χ0) is 7.84. The highest BCUT2D eigenvalue weighted by Crippen LogP contribution is 2.36. The van der Waals surface area contributed by atoms with E-state index in [2.05, 4.69) is 0 Å². The number of fused-ring (bicyclic) bond motifs is 1. The fourth-order valence-corrected chi connectivity index (χ4v) is 1.72. The molecule has 56 valence electrons. The molecule has 0 aromatic heterocycles. The number of halogens is 2. The van der Waals surface area contributed by atoms with Crippen LogP contribution in [0.25, 0.3) is 0 Å². The van der Waals surface area contributed by atoms with E-state index in [4.69, 9.17) is 23.2 Å². The van der Waals surface area contributed by atoms with Crippen LogP contribution in [0.4, 0.5) is 0 Å². The van der Waals surface area contributed by atoms with Gasteiger partial charge in [0, 0.05) is 16.5 Å². The number of allylic oxidation sites excluding steroid dienone is 8. The summed E-state index contributed by atoms with van der Waals surface area (Å²) in [4.78, 5) is 0. The Kier molecular flexibility index (Phi) is 1.67. The van der Waals surface area contributed by atoms with Crippen molar-refractivity contribution in [2.24, 2.45) is 0 Å². The van der Waals surface area contributed by atoms with Crippen molar-refractivity contribution in [3.8, 4) is 0 Å². The second kappa shape index (κ2) is 2.54. The van der Waals surface area contributed by atoms with E-state index in [-0.39, 0.29) is 0 Å². The molecule has 0 nitrogen and oxygen atoms in total. The normalized spacial score (nSPS) is 21.6. The smallest absolute Gasteiger partial charge is 0.0481 e. The topological polar surface area (TPSA) is 0 Å². The summed E-state index contributed by atoms with van der Waals surface area (Å²) in [5.41, 5.74) is 2.35. The Morgan fingerprint density at radius 3 is 2.64 bits per heavy atom. The Labute approximate surface area is 75.5 Å². The lowest BCUT2D eigenvalue weighted by molar-refractivity contribution is 1.21. The summed E-state index contributed by atoms with van der Waals surface area (Å²) >= 11 is 11.7. The average molecular weight is 185 g/mol. The first kappa shape index (κ1) is 7.20. The minimum Gasteiger partial charge on any atom is -0.0888 e. The Hall–Kier alpha value is -0.460. The van der Waals surface area contributed by atoms with E-state index in [0.717, 1.165) is 22.1 Å². The van der Waals surface area contributed by atoms with Crippen LogP contribution in [-0.2, 0) is 0 Å². The van der Waals surface area contributed by atoms with E-state index < -0.39 is 0 Å².